The molecular weight excluding hydrogens is 287 g/mol. The molecule has 0 fully saturated rings. The largest absolute Gasteiger partial charge is 0.584 e. The smallest absolute Gasteiger partial charge is 0.395 e. The molecule has 2 aromatic rings. The number of rotatable bonds is 6. The average Bonchev–Trinajstić information content (AvgIpc) is 2.48. The Bertz CT molecular complexity index is 566. The van der Waals surface area contributed by atoms with Crippen LogP contribution in [0.5, 0.6) is 11.5 Å². The fraction of sp³-hybridized carbons (Fsp3) is 0.250. The zero-order valence-corrected chi connectivity index (χ0v) is 13.0. The highest BCUT2D eigenvalue weighted by Gasteiger charge is 2.24. The van der Waals surface area contributed by atoms with E-state index in [-0.39, 0.29) is 0 Å². The van der Waals surface area contributed by atoms with Crippen LogP contribution in [-0.2, 0) is 17.4 Å². The summed E-state index contributed by atoms with van der Waals surface area (Å²) in [5.41, 5.74) is 2.26. The fourth-order valence-electron chi connectivity index (χ4n) is 1.86. The van der Waals surface area contributed by atoms with Gasteiger partial charge in [-0.15, -0.1) is 0 Å². The van der Waals surface area contributed by atoms with E-state index >= 15 is 0 Å². The molecule has 0 bridgehead atoms. The Balaban J connectivity index is 2.04. The lowest BCUT2D eigenvalue weighted by atomic mass is 10.2. The van der Waals surface area contributed by atoms with Gasteiger partial charge >= 0.3 is 7.82 Å². The van der Waals surface area contributed by atoms with Crippen LogP contribution < -0.4 is 9.05 Å². The topological polar surface area (TPSA) is 55.8 Å². The number of phosphoric ester groups is 1. The highest BCUT2D eigenvalue weighted by atomic mass is 31.2. The summed E-state index contributed by atoms with van der Waals surface area (Å²) in [5, 5.41) is 0. The first kappa shape index (κ1) is 15.6. The van der Waals surface area contributed by atoms with E-state index < -0.39 is 7.82 Å². The van der Waals surface area contributed by atoms with Crippen LogP contribution in [-0.4, -0.2) is 4.89 Å². The van der Waals surface area contributed by atoms with Crippen LogP contribution in [0.3, 0.4) is 0 Å². The molecule has 0 spiro atoms. The third-order valence-corrected chi connectivity index (χ3v) is 3.99. The summed E-state index contributed by atoms with van der Waals surface area (Å²) in [5.74, 6) is 0.617. The molecule has 1 N–H and O–H groups in total. The van der Waals surface area contributed by atoms with Crippen molar-refractivity contribution in [3.05, 3.63) is 59.7 Å². The second-order valence-corrected chi connectivity index (χ2v) is 5.95. The van der Waals surface area contributed by atoms with Gasteiger partial charge in [0.15, 0.2) is 0 Å². The van der Waals surface area contributed by atoms with Gasteiger partial charge in [-0.1, -0.05) is 38.1 Å². The second-order valence-electron chi connectivity index (χ2n) is 4.65. The Morgan fingerprint density at radius 2 is 1.14 bits per heavy atom. The van der Waals surface area contributed by atoms with Gasteiger partial charge in [0.1, 0.15) is 11.5 Å². The van der Waals surface area contributed by atoms with Crippen LogP contribution in [0.2, 0.25) is 0 Å². The van der Waals surface area contributed by atoms with E-state index in [1.165, 1.54) is 0 Å². The van der Waals surface area contributed by atoms with Crippen molar-refractivity contribution in [3.8, 4) is 11.5 Å². The molecule has 4 nitrogen and oxygen atoms in total. The third-order valence-electron chi connectivity index (χ3n) is 3.10. The molecule has 0 saturated carbocycles. The third kappa shape index (κ3) is 4.62. The Hall–Kier alpha value is -1.77. The molecule has 0 aromatic heterocycles. The van der Waals surface area contributed by atoms with E-state index in [9.17, 15) is 9.46 Å². The summed E-state index contributed by atoms with van der Waals surface area (Å²) < 4.78 is 22.1. The van der Waals surface area contributed by atoms with Crippen LogP contribution in [0.25, 0.3) is 0 Å². The summed E-state index contributed by atoms with van der Waals surface area (Å²) in [6, 6.07) is 14.0. The van der Waals surface area contributed by atoms with Crippen LogP contribution in [0.4, 0.5) is 0 Å². The molecular formula is C16H19O4P. The van der Waals surface area contributed by atoms with Gasteiger partial charge in [0.25, 0.3) is 0 Å². The van der Waals surface area contributed by atoms with Gasteiger partial charge in [0.2, 0.25) is 0 Å². The minimum absolute atomic E-state index is 0.309. The predicted molar refractivity (Wildman–Crippen MR) is 82.7 cm³/mol. The van der Waals surface area contributed by atoms with E-state index in [1.54, 1.807) is 24.3 Å². The van der Waals surface area contributed by atoms with Gasteiger partial charge in [-0.3, -0.25) is 4.89 Å². The average molecular weight is 306 g/mol. The highest BCUT2D eigenvalue weighted by molar-refractivity contribution is 7.48. The molecule has 0 saturated heterocycles. The van der Waals surface area contributed by atoms with E-state index in [1.807, 2.05) is 38.1 Å². The normalized spacial score (nSPS) is 11.2. The Morgan fingerprint density at radius 3 is 1.43 bits per heavy atom. The molecule has 0 atom stereocenters. The molecule has 0 aliphatic heterocycles. The summed E-state index contributed by atoms with van der Waals surface area (Å²) in [4.78, 5) is 9.79. The second kappa shape index (κ2) is 6.79. The summed E-state index contributed by atoms with van der Waals surface area (Å²) in [6.45, 7) is 4.08. The van der Waals surface area contributed by atoms with Crippen LogP contribution >= 0.6 is 7.82 Å². The first-order valence-corrected chi connectivity index (χ1v) is 8.42. The molecule has 0 aliphatic carbocycles. The molecule has 2 rings (SSSR count). The standard InChI is InChI=1S/C16H19O4P/c1-3-13-5-9-15(10-6-13)19-21(17,18)20-16-11-7-14(4-2)8-12-16/h5-12H,3-4H2,1-2H3,(H,17,18). The number of aryl methyl sites for hydroxylation is 2. The maximum absolute atomic E-state index is 12.0. The van der Waals surface area contributed by atoms with E-state index in [0.29, 0.717) is 11.5 Å². The Morgan fingerprint density at radius 1 is 0.810 bits per heavy atom. The Labute approximate surface area is 125 Å². The van der Waals surface area contributed by atoms with Crippen molar-refractivity contribution in [2.24, 2.45) is 0 Å². The molecule has 0 amide bonds. The molecule has 2 aromatic carbocycles. The molecule has 0 heterocycles. The Kier molecular flexibility index (Phi) is 5.05. The fourth-order valence-corrected chi connectivity index (χ4v) is 2.67. The van der Waals surface area contributed by atoms with Crippen molar-refractivity contribution in [2.75, 3.05) is 0 Å². The first-order chi connectivity index (χ1) is 10.0. The SMILES string of the molecule is CCc1ccc(OP(=O)(O)Oc2ccc(CC)cc2)cc1. The molecule has 112 valence electrons. The number of hydrogen-bond donors (Lipinski definition) is 1. The van der Waals surface area contributed by atoms with Crippen molar-refractivity contribution in [1.29, 1.82) is 0 Å². The molecule has 5 heteroatoms. The van der Waals surface area contributed by atoms with E-state index in [2.05, 4.69) is 0 Å². The minimum atomic E-state index is -4.18. The van der Waals surface area contributed by atoms with E-state index in [0.717, 1.165) is 24.0 Å². The zero-order chi connectivity index (χ0) is 15.3. The van der Waals surface area contributed by atoms with Gasteiger partial charge in [-0.05, 0) is 48.2 Å². The van der Waals surface area contributed by atoms with Gasteiger partial charge in [0, 0.05) is 0 Å². The van der Waals surface area contributed by atoms with Gasteiger partial charge in [0.05, 0.1) is 0 Å². The van der Waals surface area contributed by atoms with Crippen molar-refractivity contribution >= 4 is 7.82 Å². The lowest BCUT2D eigenvalue weighted by Gasteiger charge is -2.14. The minimum Gasteiger partial charge on any atom is -0.395 e. The van der Waals surface area contributed by atoms with Crippen molar-refractivity contribution in [3.63, 3.8) is 0 Å². The lowest BCUT2D eigenvalue weighted by molar-refractivity contribution is 0.291. The maximum Gasteiger partial charge on any atom is 0.584 e. The van der Waals surface area contributed by atoms with Gasteiger partial charge in [-0.25, -0.2) is 4.57 Å². The zero-order valence-electron chi connectivity index (χ0n) is 12.2. The summed E-state index contributed by atoms with van der Waals surface area (Å²) >= 11 is 0. The monoisotopic (exact) mass is 306 g/mol. The number of hydrogen-bond acceptors (Lipinski definition) is 3. The van der Waals surface area contributed by atoms with Gasteiger partial charge < -0.3 is 9.05 Å². The molecule has 0 unspecified atom stereocenters. The van der Waals surface area contributed by atoms with Gasteiger partial charge in [-0.2, -0.15) is 0 Å². The van der Waals surface area contributed by atoms with Crippen LogP contribution in [0.15, 0.2) is 48.5 Å². The first-order valence-electron chi connectivity index (χ1n) is 6.92. The molecule has 0 radical (unpaired) electrons. The molecule has 0 aliphatic rings. The van der Waals surface area contributed by atoms with E-state index in [4.69, 9.17) is 9.05 Å². The highest BCUT2D eigenvalue weighted by Crippen LogP contribution is 2.44. The summed E-state index contributed by atoms with van der Waals surface area (Å²) in [6.07, 6.45) is 1.80. The quantitative estimate of drug-likeness (QED) is 0.805. The van der Waals surface area contributed by atoms with Crippen LogP contribution in [0.1, 0.15) is 25.0 Å². The predicted octanol–water partition coefficient (Wildman–Crippen LogP) is 4.37. The summed E-state index contributed by atoms with van der Waals surface area (Å²) in [7, 11) is -4.18. The number of phosphoric acid groups is 1. The van der Waals surface area contributed by atoms with Crippen molar-refractivity contribution in [2.45, 2.75) is 26.7 Å². The van der Waals surface area contributed by atoms with Crippen molar-refractivity contribution < 1.29 is 18.5 Å². The van der Waals surface area contributed by atoms with Crippen molar-refractivity contribution in [1.82, 2.24) is 0 Å². The lowest BCUT2D eigenvalue weighted by Crippen LogP contribution is -2.00. The van der Waals surface area contributed by atoms with Crippen LogP contribution in [0, 0.1) is 0 Å². The number of benzene rings is 2. The maximum atomic E-state index is 12.0. The molecule has 21 heavy (non-hydrogen) atoms.